The van der Waals surface area contributed by atoms with Gasteiger partial charge in [-0.2, -0.15) is 5.26 Å². The van der Waals surface area contributed by atoms with Gasteiger partial charge in [0.05, 0.1) is 40.2 Å². The molecular formula is C46H30N6O2. The van der Waals surface area contributed by atoms with Crippen molar-refractivity contribution in [1.82, 2.24) is 19.9 Å². The first-order valence-electron chi connectivity index (χ1n) is 17.5. The number of nitrogens with one attached hydrogen (secondary N) is 2. The highest BCUT2D eigenvalue weighted by Gasteiger charge is 2.21. The van der Waals surface area contributed by atoms with Crippen LogP contribution in [0.2, 0.25) is 0 Å². The summed E-state index contributed by atoms with van der Waals surface area (Å²) in [5.74, 6) is 0. The smallest absolute Gasteiger partial charge is 0.273 e. The molecule has 0 aliphatic carbocycles. The largest absolute Gasteiger partial charge is 0.354 e. The lowest BCUT2D eigenvalue weighted by molar-refractivity contribution is -0.385. The molecule has 0 fully saturated rings. The third-order valence-electron chi connectivity index (χ3n) is 9.78. The van der Waals surface area contributed by atoms with Crippen LogP contribution in [0, 0.1) is 21.4 Å². The molecule has 5 heterocycles. The summed E-state index contributed by atoms with van der Waals surface area (Å²) in [5.41, 5.74) is 14.0. The lowest BCUT2D eigenvalue weighted by Gasteiger charge is -2.08. The number of H-pyrrole nitrogens is 2. The molecule has 8 bridgehead atoms. The van der Waals surface area contributed by atoms with Crippen molar-refractivity contribution in [3.8, 4) is 50.6 Å². The summed E-state index contributed by atoms with van der Waals surface area (Å²) in [5, 5.41) is 21.6. The molecule has 3 aromatic heterocycles. The molecule has 0 unspecified atom stereocenters. The normalized spacial score (nSPS) is 11.8. The summed E-state index contributed by atoms with van der Waals surface area (Å²) >= 11 is 0. The Morgan fingerprint density at radius 3 is 1.24 bits per heavy atom. The average Bonchev–Trinajstić information content (AvgIpc) is 4.04. The van der Waals surface area contributed by atoms with Gasteiger partial charge in [0, 0.05) is 56.0 Å². The molecular weight excluding hydrogens is 669 g/mol. The molecule has 54 heavy (non-hydrogen) atoms. The first-order valence-corrected chi connectivity index (χ1v) is 17.5. The van der Waals surface area contributed by atoms with Gasteiger partial charge >= 0.3 is 0 Å². The molecule has 0 atom stereocenters. The highest BCUT2D eigenvalue weighted by atomic mass is 16.6. The molecule has 0 spiro atoms. The summed E-state index contributed by atoms with van der Waals surface area (Å²) in [6, 6.07) is 45.9. The second-order valence-corrected chi connectivity index (χ2v) is 13.0. The monoisotopic (exact) mass is 698 g/mol. The summed E-state index contributed by atoms with van der Waals surface area (Å²) in [6.45, 7) is 0. The second-order valence-electron chi connectivity index (χ2n) is 13.0. The highest BCUT2D eigenvalue weighted by molar-refractivity contribution is 5.99. The van der Waals surface area contributed by atoms with E-state index in [4.69, 9.17) is 9.97 Å². The molecule has 0 amide bonds. The van der Waals surface area contributed by atoms with E-state index in [1.165, 1.54) is 6.07 Å². The van der Waals surface area contributed by atoms with Gasteiger partial charge in [0.25, 0.3) is 5.69 Å². The van der Waals surface area contributed by atoms with Crippen LogP contribution in [0.15, 0.2) is 133 Å². The van der Waals surface area contributed by atoms with E-state index in [-0.39, 0.29) is 12.1 Å². The molecule has 0 radical (unpaired) electrons. The number of nitro groups is 1. The molecule has 9 rings (SSSR count). The van der Waals surface area contributed by atoms with Crippen molar-refractivity contribution in [2.45, 2.75) is 6.42 Å². The van der Waals surface area contributed by atoms with Gasteiger partial charge in [0.1, 0.15) is 0 Å². The van der Waals surface area contributed by atoms with Crippen molar-refractivity contribution in [3.05, 3.63) is 172 Å². The molecule has 256 valence electrons. The third kappa shape index (κ3) is 5.76. The Morgan fingerprint density at radius 1 is 0.519 bits per heavy atom. The van der Waals surface area contributed by atoms with Gasteiger partial charge in [0.15, 0.2) is 0 Å². The van der Waals surface area contributed by atoms with Crippen LogP contribution < -0.4 is 0 Å². The molecule has 0 saturated carbocycles. The van der Waals surface area contributed by atoms with E-state index in [9.17, 15) is 15.4 Å². The Morgan fingerprint density at radius 2 is 0.889 bits per heavy atom. The number of nitro benzene ring substituents is 1. The van der Waals surface area contributed by atoms with Crippen LogP contribution in [0.5, 0.6) is 0 Å². The van der Waals surface area contributed by atoms with Gasteiger partial charge in [-0.3, -0.25) is 10.1 Å². The zero-order valence-corrected chi connectivity index (χ0v) is 28.8. The second kappa shape index (κ2) is 13.5. The topological polar surface area (TPSA) is 124 Å². The van der Waals surface area contributed by atoms with Gasteiger partial charge < -0.3 is 9.97 Å². The summed E-state index contributed by atoms with van der Waals surface area (Å²) < 4.78 is 0. The zero-order chi connectivity index (χ0) is 36.6. The average molecular weight is 699 g/mol. The number of hydrogen-bond donors (Lipinski definition) is 2. The molecule has 4 aromatic carbocycles. The molecule has 2 aliphatic rings. The Kier molecular flexibility index (Phi) is 8.07. The fraction of sp³-hybridized carbons (Fsp3) is 0.0217. The maximum atomic E-state index is 12.0. The Hall–Kier alpha value is -7.63. The first kappa shape index (κ1) is 32.3. The van der Waals surface area contributed by atoms with E-state index in [2.05, 4.69) is 76.7 Å². The van der Waals surface area contributed by atoms with Crippen LogP contribution in [0.3, 0.4) is 0 Å². The molecule has 2 N–H and O–H groups in total. The number of aromatic nitrogens is 4. The minimum absolute atomic E-state index is 0.0934. The quantitative estimate of drug-likeness (QED) is 0.132. The molecule has 8 heteroatoms. The SMILES string of the molecule is N#CCc1cc(-c2c3nc(c(-c4ccccc4)c4ccc([nH]4)c(-c4ccccc4)c4nc(c(-c5ccccc5)c5ccc2[nH]5)C=C4)C=C3)ccc1[N+](=O)[O-]. The van der Waals surface area contributed by atoms with Crippen LogP contribution in [-0.2, 0) is 6.42 Å². The number of fused-ring (bicyclic) bond motifs is 8. The molecule has 0 saturated heterocycles. The fourth-order valence-corrected chi connectivity index (χ4v) is 7.38. The summed E-state index contributed by atoms with van der Waals surface area (Å²) in [6.07, 6.45) is 8.02. The predicted molar refractivity (Wildman–Crippen MR) is 217 cm³/mol. The number of hydrogen-bond acceptors (Lipinski definition) is 5. The molecule has 7 aromatic rings. The lowest BCUT2D eigenvalue weighted by atomic mass is 9.99. The lowest BCUT2D eigenvalue weighted by Crippen LogP contribution is -1.96. The highest BCUT2D eigenvalue weighted by Crippen LogP contribution is 2.39. The third-order valence-corrected chi connectivity index (χ3v) is 9.78. The van der Waals surface area contributed by atoms with Crippen LogP contribution in [0.25, 0.3) is 90.9 Å². The van der Waals surface area contributed by atoms with Crippen LogP contribution in [-0.4, -0.2) is 24.9 Å². The van der Waals surface area contributed by atoms with Crippen molar-refractivity contribution in [2.24, 2.45) is 0 Å². The minimum atomic E-state index is -0.444. The number of rotatable bonds is 6. The number of nitrogens with zero attached hydrogens (tertiary/aromatic N) is 4. The van der Waals surface area contributed by atoms with Crippen molar-refractivity contribution in [1.29, 1.82) is 5.26 Å². The Balaban J connectivity index is 1.46. The number of nitriles is 1. The van der Waals surface area contributed by atoms with E-state index in [1.807, 2.05) is 78.9 Å². The van der Waals surface area contributed by atoms with E-state index in [0.29, 0.717) is 16.8 Å². The van der Waals surface area contributed by atoms with Gasteiger partial charge in [-0.05, 0) is 83.0 Å². The van der Waals surface area contributed by atoms with Crippen LogP contribution in [0.4, 0.5) is 5.69 Å². The first-order chi connectivity index (χ1) is 26.6. The van der Waals surface area contributed by atoms with Crippen molar-refractivity contribution < 1.29 is 4.92 Å². The maximum Gasteiger partial charge on any atom is 0.273 e. The summed E-state index contributed by atoms with van der Waals surface area (Å²) in [4.78, 5) is 29.5. The molecule has 2 aliphatic heterocycles. The van der Waals surface area contributed by atoms with Gasteiger partial charge in [-0.15, -0.1) is 0 Å². The number of benzene rings is 4. The van der Waals surface area contributed by atoms with Gasteiger partial charge in [-0.1, -0.05) is 91.0 Å². The van der Waals surface area contributed by atoms with E-state index < -0.39 is 4.92 Å². The van der Waals surface area contributed by atoms with Gasteiger partial charge in [0.2, 0.25) is 0 Å². The fourth-order valence-electron chi connectivity index (χ4n) is 7.38. The Bertz CT molecular complexity index is 2840. The van der Waals surface area contributed by atoms with Crippen LogP contribution >= 0.6 is 0 Å². The standard InChI is InChI=1S/C46H30N6O2/c47-27-26-32-28-33(16-25-42(32)52(53)54)46-40-23-21-38(50-40)44(30-12-6-2-7-13-30)36-19-17-34(48-36)43(29-10-4-1-5-11-29)35-18-20-37(49-35)45(31-14-8-3-9-15-31)39-22-24-41(46)51-39/h1-25,28,48,51H,26H2. The van der Waals surface area contributed by atoms with E-state index in [0.717, 1.165) is 78.1 Å². The minimum Gasteiger partial charge on any atom is -0.354 e. The summed E-state index contributed by atoms with van der Waals surface area (Å²) in [7, 11) is 0. The zero-order valence-electron chi connectivity index (χ0n) is 28.8. The van der Waals surface area contributed by atoms with Crippen molar-refractivity contribution >= 4 is 52.1 Å². The Labute approximate surface area is 310 Å². The van der Waals surface area contributed by atoms with E-state index >= 15 is 0 Å². The van der Waals surface area contributed by atoms with Crippen LogP contribution in [0.1, 0.15) is 28.3 Å². The van der Waals surface area contributed by atoms with Crippen molar-refractivity contribution in [2.75, 3.05) is 0 Å². The van der Waals surface area contributed by atoms with E-state index in [1.54, 1.807) is 12.1 Å². The van der Waals surface area contributed by atoms with Gasteiger partial charge in [-0.25, -0.2) is 9.97 Å². The predicted octanol–water partition coefficient (Wildman–Crippen LogP) is 11.3. The van der Waals surface area contributed by atoms with Crippen molar-refractivity contribution in [3.63, 3.8) is 0 Å². The molecule has 8 nitrogen and oxygen atoms in total. The maximum absolute atomic E-state index is 12.0. The number of aromatic amines is 2.